The molecule has 4 heteroatoms. The van der Waals surface area contributed by atoms with Crippen molar-refractivity contribution in [1.29, 1.82) is 0 Å². The van der Waals surface area contributed by atoms with Crippen molar-refractivity contribution in [2.45, 2.75) is 19.2 Å². The second kappa shape index (κ2) is 4.05. The van der Waals surface area contributed by atoms with Gasteiger partial charge in [-0.05, 0) is 18.7 Å². The molecule has 2 radical (unpaired) electrons. The van der Waals surface area contributed by atoms with Crippen LogP contribution in [0.15, 0.2) is 0 Å². The topological polar surface area (TPSA) is 34.1 Å². The lowest BCUT2D eigenvalue weighted by molar-refractivity contribution is -0.117. The van der Waals surface area contributed by atoms with Gasteiger partial charge < -0.3 is 4.79 Å². The van der Waals surface area contributed by atoms with E-state index in [0.29, 0.717) is 18.1 Å². The molecule has 0 spiro atoms. The van der Waals surface area contributed by atoms with E-state index in [4.69, 9.17) is 7.85 Å². The third kappa shape index (κ3) is 2.77. The summed E-state index contributed by atoms with van der Waals surface area (Å²) in [5.74, 6) is 1.90. The monoisotopic (exact) mass is 170 g/mol. The van der Waals surface area contributed by atoms with Gasteiger partial charge in [0.1, 0.15) is 5.78 Å². The van der Waals surface area contributed by atoms with Crippen molar-refractivity contribution >= 4 is 24.4 Å². The van der Waals surface area contributed by atoms with Crippen LogP contribution < -0.4 is 0 Å². The van der Waals surface area contributed by atoms with Crippen LogP contribution in [0.3, 0.4) is 0 Å². The fraction of sp³-hybridized carbons (Fsp3) is 0.857. The normalized spacial score (nSPS) is 30.5. The number of hydrogen-bond donors (Lipinski definition) is 0. The summed E-state index contributed by atoms with van der Waals surface area (Å²) < 4.78 is 10.9. The molecule has 1 rings (SSSR count). The van der Waals surface area contributed by atoms with Gasteiger partial charge in [0.2, 0.25) is 0 Å². The maximum Gasteiger partial charge on any atom is 0.124 e. The summed E-state index contributed by atoms with van der Waals surface area (Å²) >= 11 is 0. The second-order valence-electron chi connectivity index (χ2n) is 2.91. The molecule has 0 amide bonds. The first-order valence-electron chi connectivity index (χ1n) is 3.79. The van der Waals surface area contributed by atoms with Gasteiger partial charge in [0, 0.05) is 28.7 Å². The van der Waals surface area contributed by atoms with Crippen molar-refractivity contribution in [2.24, 2.45) is 5.92 Å². The van der Waals surface area contributed by atoms with Gasteiger partial charge in [-0.1, -0.05) is 0 Å². The summed E-state index contributed by atoms with van der Waals surface area (Å²) in [5, 5.41) is 0. The molecule has 0 aliphatic carbocycles. The smallest absolute Gasteiger partial charge is 0.124 e. The van der Waals surface area contributed by atoms with E-state index >= 15 is 0 Å². The van der Waals surface area contributed by atoms with Crippen molar-refractivity contribution in [3.05, 3.63) is 0 Å². The van der Waals surface area contributed by atoms with Crippen LogP contribution in [0.1, 0.15) is 12.8 Å². The Balaban J connectivity index is 2.28. The number of rotatable bonds is 3. The Morgan fingerprint density at radius 1 is 1.64 bits per heavy atom. The van der Waals surface area contributed by atoms with Crippen molar-refractivity contribution in [1.82, 2.24) is 0 Å². The van der Waals surface area contributed by atoms with E-state index in [2.05, 4.69) is 0 Å². The van der Waals surface area contributed by atoms with Crippen LogP contribution in [-0.2, 0) is 15.6 Å². The fourth-order valence-electron chi connectivity index (χ4n) is 1.29. The van der Waals surface area contributed by atoms with Gasteiger partial charge >= 0.3 is 0 Å². The van der Waals surface area contributed by atoms with Gasteiger partial charge in [-0.15, -0.1) is 0 Å². The lowest BCUT2D eigenvalue weighted by atomic mass is 9.93. The Labute approximate surface area is 70.6 Å². The zero-order valence-electron chi connectivity index (χ0n) is 6.41. The Kier molecular flexibility index (Phi) is 3.30. The average molecular weight is 170 g/mol. The first-order valence-corrected chi connectivity index (χ1v) is 5.28. The first-order chi connectivity index (χ1) is 5.22. The Morgan fingerprint density at radius 2 is 2.36 bits per heavy atom. The molecule has 0 saturated carbocycles. The molecule has 2 nitrogen and oxygen atoms in total. The SMILES string of the molecule is [B]CC(=O)CC1CCS(=O)C1. The zero-order chi connectivity index (χ0) is 8.27. The van der Waals surface area contributed by atoms with Crippen LogP contribution in [0.2, 0.25) is 6.32 Å². The summed E-state index contributed by atoms with van der Waals surface area (Å²) in [6.45, 7) is 0. The molecule has 1 aliphatic rings. The van der Waals surface area contributed by atoms with Crippen LogP contribution in [0, 0.1) is 5.92 Å². The molecule has 60 valence electrons. The lowest BCUT2D eigenvalue weighted by Crippen LogP contribution is -2.07. The van der Waals surface area contributed by atoms with Crippen LogP contribution in [0.4, 0.5) is 0 Å². The molecule has 0 bridgehead atoms. The quantitative estimate of drug-likeness (QED) is 0.571. The van der Waals surface area contributed by atoms with E-state index in [1.807, 2.05) is 0 Å². The molecule has 1 aliphatic heterocycles. The van der Waals surface area contributed by atoms with E-state index in [0.717, 1.165) is 12.2 Å². The summed E-state index contributed by atoms with van der Waals surface area (Å²) in [7, 11) is 4.50. The molecule has 0 aromatic rings. The van der Waals surface area contributed by atoms with E-state index < -0.39 is 10.8 Å². The standard InChI is InChI=1S/C7H11BO2S/c8-4-7(9)3-6-1-2-11(10)5-6/h6H,1-5H2. The van der Waals surface area contributed by atoms with Crippen molar-refractivity contribution in [3.8, 4) is 0 Å². The number of ketones is 1. The summed E-state index contributed by atoms with van der Waals surface area (Å²) in [5.41, 5.74) is 0. The third-order valence-electron chi connectivity index (χ3n) is 1.92. The predicted octanol–water partition coefficient (Wildman–Crippen LogP) is 0.301. The van der Waals surface area contributed by atoms with Gasteiger partial charge in [-0.25, -0.2) is 0 Å². The highest BCUT2D eigenvalue weighted by Crippen LogP contribution is 2.19. The van der Waals surface area contributed by atoms with Crippen molar-refractivity contribution < 1.29 is 9.00 Å². The van der Waals surface area contributed by atoms with Crippen LogP contribution >= 0.6 is 0 Å². The number of carbonyl (C=O) groups is 1. The molecule has 2 atom stereocenters. The maximum atomic E-state index is 10.9. The van der Waals surface area contributed by atoms with E-state index in [1.165, 1.54) is 0 Å². The molecular weight excluding hydrogens is 159 g/mol. The van der Waals surface area contributed by atoms with E-state index in [-0.39, 0.29) is 12.1 Å². The minimum atomic E-state index is -0.664. The van der Waals surface area contributed by atoms with Crippen molar-refractivity contribution in [3.63, 3.8) is 0 Å². The van der Waals surface area contributed by atoms with Crippen LogP contribution in [-0.4, -0.2) is 29.3 Å². The molecular formula is C7H11BO2S. The molecule has 1 heterocycles. The molecule has 0 aromatic heterocycles. The van der Waals surface area contributed by atoms with E-state index in [9.17, 15) is 9.00 Å². The Hall–Kier alpha value is -0.115. The Bertz CT molecular complexity index is 181. The third-order valence-corrected chi connectivity index (χ3v) is 3.45. The summed E-state index contributed by atoms with van der Waals surface area (Å²) in [6.07, 6.45) is 1.59. The van der Waals surface area contributed by atoms with Gasteiger partial charge in [0.15, 0.2) is 0 Å². The molecule has 1 saturated heterocycles. The molecule has 1 fully saturated rings. The molecule has 0 aromatic carbocycles. The van der Waals surface area contributed by atoms with Crippen LogP contribution in [0.5, 0.6) is 0 Å². The highest BCUT2D eigenvalue weighted by Gasteiger charge is 2.22. The molecule has 2 unspecified atom stereocenters. The maximum absolute atomic E-state index is 10.9. The molecule has 11 heavy (non-hydrogen) atoms. The van der Waals surface area contributed by atoms with Gasteiger partial charge in [0.05, 0.1) is 7.85 Å². The van der Waals surface area contributed by atoms with E-state index in [1.54, 1.807) is 0 Å². The second-order valence-corrected chi connectivity index (χ2v) is 4.53. The van der Waals surface area contributed by atoms with Gasteiger partial charge in [-0.2, -0.15) is 0 Å². The predicted molar refractivity (Wildman–Crippen MR) is 46.2 cm³/mol. The largest absolute Gasteiger partial charge is 0.301 e. The fourth-order valence-corrected chi connectivity index (χ4v) is 2.87. The van der Waals surface area contributed by atoms with Gasteiger partial charge in [0.25, 0.3) is 0 Å². The van der Waals surface area contributed by atoms with Crippen molar-refractivity contribution in [2.75, 3.05) is 11.5 Å². The highest BCUT2D eigenvalue weighted by molar-refractivity contribution is 7.85. The van der Waals surface area contributed by atoms with Gasteiger partial charge in [-0.3, -0.25) is 4.21 Å². The summed E-state index contributed by atoms with van der Waals surface area (Å²) in [6, 6.07) is 0. The van der Waals surface area contributed by atoms with Crippen LogP contribution in [0.25, 0.3) is 0 Å². The number of carbonyl (C=O) groups excluding carboxylic acids is 1. The Morgan fingerprint density at radius 3 is 2.82 bits per heavy atom. The first kappa shape index (κ1) is 8.98. The minimum absolute atomic E-state index is 0.0916. The zero-order valence-corrected chi connectivity index (χ0v) is 7.23. The molecule has 0 N–H and O–H groups in total. The highest BCUT2D eigenvalue weighted by atomic mass is 32.2. The summed E-state index contributed by atoms with van der Waals surface area (Å²) in [4.78, 5) is 10.9. The number of Topliss-reactive ketones (excluding diaryl/α,β-unsaturated/α-hetero) is 1. The average Bonchev–Trinajstić information content (AvgIpc) is 2.35. The minimum Gasteiger partial charge on any atom is -0.301 e. The number of hydrogen-bond acceptors (Lipinski definition) is 2. The lowest BCUT2D eigenvalue weighted by Gasteiger charge is -2.03.